The lowest BCUT2D eigenvalue weighted by molar-refractivity contribution is -0.122. The molecule has 1 unspecified atom stereocenters. The van der Waals surface area contributed by atoms with Crippen molar-refractivity contribution in [1.82, 2.24) is 10.3 Å². The van der Waals surface area contributed by atoms with E-state index in [4.69, 9.17) is 5.73 Å². The first kappa shape index (κ1) is 11.1. The third-order valence-electron chi connectivity index (χ3n) is 1.85. The van der Waals surface area contributed by atoms with Gasteiger partial charge >= 0.3 is 0 Å². The van der Waals surface area contributed by atoms with Gasteiger partial charge in [0.1, 0.15) is 0 Å². The number of amides is 1. The molecule has 0 saturated carbocycles. The lowest BCUT2D eigenvalue weighted by Gasteiger charge is -2.13. The van der Waals surface area contributed by atoms with Gasteiger partial charge in [-0.3, -0.25) is 4.79 Å². The second-order valence-electron chi connectivity index (χ2n) is 3.31. The van der Waals surface area contributed by atoms with Crippen LogP contribution in [0.3, 0.4) is 0 Å². The van der Waals surface area contributed by atoms with Crippen molar-refractivity contribution in [3.8, 4) is 0 Å². The summed E-state index contributed by atoms with van der Waals surface area (Å²) in [4.78, 5) is 15.6. The number of carbonyl (C=O) groups excluding carboxylic acids is 1. The molecule has 4 nitrogen and oxygen atoms in total. The van der Waals surface area contributed by atoms with Crippen LogP contribution in [0.2, 0.25) is 0 Å². The van der Waals surface area contributed by atoms with Crippen LogP contribution in [0.15, 0.2) is 5.38 Å². The second-order valence-corrected chi connectivity index (χ2v) is 4.37. The van der Waals surface area contributed by atoms with Crippen molar-refractivity contribution >= 4 is 17.2 Å². The molecule has 1 aromatic rings. The molecule has 1 heterocycles. The van der Waals surface area contributed by atoms with Gasteiger partial charge in [0, 0.05) is 5.38 Å². The van der Waals surface area contributed by atoms with Crippen LogP contribution in [0.4, 0.5) is 0 Å². The van der Waals surface area contributed by atoms with Crippen LogP contribution in [0.5, 0.6) is 0 Å². The number of aryl methyl sites for hydroxylation is 1. The summed E-state index contributed by atoms with van der Waals surface area (Å²) in [6.07, 6.45) is 0. The summed E-state index contributed by atoms with van der Waals surface area (Å²) in [6, 6.07) is -0.546. The standard InChI is InChI=1S/C9H15N3OS/c1-5(10)9(13)11-6(2)8-4-14-7(3)12-8/h4-6H,10H2,1-3H3,(H,11,13)/t5-,6?/m0/s1. The zero-order valence-electron chi connectivity index (χ0n) is 8.57. The van der Waals surface area contributed by atoms with E-state index in [1.165, 1.54) is 0 Å². The molecule has 0 aromatic carbocycles. The van der Waals surface area contributed by atoms with Crippen molar-refractivity contribution < 1.29 is 4.79 Å². The van der Waals surface area contributed by atoms with E-state index < -0.39 is 6.04 Å². The highest BCUT2D eigenvalue weighted by Gasteiger charge is 2.14. The minimum Gasteiger partial charge on any atom is -0.347 e. The molecule has 5 heteroatoms. The first-order valence-electron chi connectivity index (χ1n) is 4.48. The number of rotatable bonds is 3. The molecule has 1 aromatic heterocycles. The largest absolute Gasteiger partial charge is 0.347 e. The number of hydrogen-bond donors (Lipinski definition) is 2. The Labute approximate surface area is 87.5 Å². The Morgan fingerprint density at radius 3 is 2.71 bits per heavy atom. The lowest BCUT2D eigenvalue weighted by Crippen LogP contribution is -2.39. The van der Waals surface area contributed by atoms with Crippen molar-refractivity contribution in [3.63, 3.8) is 0 Å². The first-order valence-corrected chi connectivity index (χ1v) is 5.36. The van der Waals surface area contributed by atoms with Crippen molar-refractivity contribution in [3.05, 3.63) is 16.1 Å². The Morgan fingerprint density at radius 2 is 2.29 bits per heavy atom. The molecule has 0 fully saturated rings. The first-order chi connectivity index (χ1) is 6.50. The number of carbonyl (C=O) groups is 1. The van der Waals surface area contributed by atoms with Crippen molar-refractivity contribution in [2.75, 3.05) is 0 Å². The molecule has 1 amide bonds. The molecule has 3 N–H and O–H groups in total. The maximum Gasteiger partial charge on any atom is 0.237 e. The van der Waals surface area contributed by atoms with Crippen LogP contribution >= 0.6 is 11.3 Å². The summed E-state index contributed by atoms with van der Waals surface area (Å²) in [5, 5.41) is 5.74. The van der Waals surface area contributed by atoms with Gasteiger partial charge in [-0.2, -0.15) is 0 Å². The second kappa shape index (κ2) is 4.52. The molecule has 0 bridgehead atoms. The van der Waals surface area contributed by atoms with Crippen LogP contribution in [0.1, 0.15) is 30.6 Å². The van der Waals surface area contributed by atoms with Crippen molar-refractivity contribution in [2.24, 2.45) is 5.73 Å². The highest BCUT2D eigenvalue weighted by molar-refractivity contribution is 7.09. The highest BCUT2D eigenvalue weighted by atomic mass is 32.1. The molecule has 0 saturated heterocycles. The van der Waals surface area contributed by atoms with Gasteiger partial charge in [-0.1, -0.05) is 0 Å². The van der Waals surface area contributed by atoms with Crippen LogP contribution in [-0.2, 0) is 4.79 Å². The van der Waals surface area contributed by atoms with E-state index >= 15 is 0 Å². The minimum absolute atomic E-state index is 0.0709. The normalized spacial score (nSPS) is 14.9. The highest BCUT2D eigenvalue weighted by Crippen LogP contribution is 2.15. The Balaban J connectivity index is 2.59. The number of thiazole rings is 1. The van der Waals surface area contributed by atoms with Gasteiger partial charge in [0.2, 0.25) is 5.91 Å². The number of nitrogens with one attached hydrogen (secondary N) is 1. The predicted octanol–water partition coefficient (Wildman–Crippen LogP) is 0.976. The topological polar surface area (TPSA) is 68.0 Å². The van der Waals surface area contributed by atoms with Crippen LogP contribution in [0, 0.1) is 6.92 Å². The number of nitrogens with two attached hydrogens (primary N) is 1. The fourth-order valence-electron chi connectivity index (χ4n) is 0.998. The maximum absolute atomic E-state index is 11.3. The molecule has 0 aliphatic heterocycles. The molecule has 1 rings (SSSR count). The number of aromatic nitrogens is 1. The summed E-state index contributed by atoms with van der Waals surface area (Å²) >= 11 is 1.57. The summed E-state index contributed by atoms with van der Waals surface area (Å²) in [7, 11) is 0. The Kier molecular flexibility index (Phi) is 3.60. The fourth-order valence-corrected chi connectivity index (χ4v) is 1.70. The summed E-state index contributed by atoms with van der Waals surface area (Å²) in [5.74, 6) is -0.150. The monoisotopic (exact) mass is 213 g/mol. The fraction of sp³-hybridized carbons (Fsp3) is 0.556. The van der Waals surface area contributed by atoms with E-state index in [9.17, 15) is 4.79 Å². The molecular weight excluding hydrogens is 198 g/mol. The summed E-state index contributed by atoms with van der Waals surface area (Å²) < 4.78 is 0. The molecular formula is C9H15N3OS. The Hall–Kier alpha value is -0.940. The molecule has 0 radical (unpaired) electrons. The SMILES string of the molecule is Cc1nc(C(C)NC(=O)[C@H](C)N)cs1. The van der Waals surface area contributed by atoms with Crippen LogP contribution < -0.4 is 11.1 Å². The van der Waals surface area contributed by atoms with Gasteiger partial charge in [0.05, 0.1) is 22.8 Å². The van der Waals surface area contributed by atoms with Crippen molar-refractivity contribution in [1.29, 1.82) is 0 Å². The van der Waals surface area contributed by atoms with Gasteiger partial charge < -0.3 is 11.1 Å². The number of hydrogen-bond acceptors (Lipinski definition) is 4. The van der Waals surface area contributed by atoms with E-state index in [-0.39, 0.29) is 11.9 Å². The molecule has 0 aliphatic carbocycles. The molecule has 14 heavy (non-hydrogen) atoms. The smallest absolute Gasteiger partial charge is 0.237 e. The summed E-state index contributed by atoms with van der Waals surface area (Å²) in [5.41, 5.74) is 6.33. The van der Waals surface area contributed by atoms with Crippen LogP contribution in [-0.4, -0.2) is 16.9 Å². The Morgan fingerprint density at radius 1 is 1.64 bits per heavy atom. The third-order valence-corrected chi connectivity index (χ3v) is 2.64. The average molecular weight is 213 g/mol. The van der Waals surface area contributed by atoms with Gasteiger partial charge in [0.25, 0.3) is 0 Å². The molecule has 78 valence electrons. The number of nitrogens with zero attached hydrogens (tertiary/aromatic N) is 1. The van der Waals surface area contributed by atoms with E-state index in [1.54, 1.807) is 18.3 Å². The summed E-state index contributed by atoms with van der Waals surface area (Å²) in [6.45, 7) is 5.50. The predicted molar refractivity (Wildman–Crippen MR) is 57.1 cm³/mol. The zero-order valence-corrected chi connectivity index (χ0v) is 9.39. The zero-order chi connectivity index (χ0) is 10.7. The maximum atomic E-state index is 11.3. The van der Waals surface area contributed by atoms with E-state index in [1.807, 2.05) is 19.2 Å². The average Bonchev–Trinajstić information content (AvgIpc) is 2.51. The lowest BCUT2D eigenvalue weighted by atomic mass is 10.2. The molecule has 0 spiro atoms. The van der Waals surface area contributed by atoms with Gasteiger partial charge in [-0.15, -0.1) is 11.3 Å². The quantitative estimate of drug-likeness (QED) is 0.786. The van der Waals surface area contributed by atoms with Gasteiger partial charge in [0.15, 0.2) is 0 Å². The van der Waals surface area contributed by atoms with E-state index in [0.717, 1.165) is 10.7 Å². The Bertz CT molecular complexity index is 322. The van der Waals surface area contributed by atoms with Gasteiger partial charge in [-0.25, -0.2) is 4.98 Å². The minimum atomic E-state index is -0.475. The van der Waals surface area contributed by atoms with Crippen LogP contribution in [0.25, 0.3) is 0 Å². The molecule has 2 atom stereocenters. The third kappa shape index (κ3) is 2.78. The van der Waals surface area contributed by atoms with Gasteiger partial charge in [-0.05, 0) is 20.8 Å². The van der Waals surface area contributed by atoms with E-state index in [2.05, 4.69) is 10.3 Å². The molecule has 0 aliphatic rings. The van der Waals surface area contributed by atoms with E-state index in [0.29, 0.717) is 0 Å². The van der Waals surface area contributed by atoms with Crippen molar-refractivity contribution in [2.45, 2.75) is 32.9 Å².